The molecular weight excluding hydrogens is 244 g/mol. The number of benzene rings is 1. The standard InChI is InChI=1S/C12H12N6O/c13-11-15-8-9(16-11)17-12(14)18-10(8)19-6-7-4-2-1-3-5-7/h1-5H,6H2,(H5,13,14,15,16,17,18). The van der Waals surface area contributed by atoms with Crippen molar-refractivity contribution < 1.29 is 4.74 Å². The van der Waals surface area contributed by atoms with Crippen molar-refractivity contribution in [3.8, 4) is 5.88 Å². The van der Waals surface area contributed by atoms with Crippen LogP contribution in [0.4, 0.5) is 11.9 Å². The van der Waals surface area contributed by atoms with E-state index in [1.54, 1.807) is 0 Å². The van der Waals surface area contributed by atoms with Crippen LogP contribution in [0.3, 0.4) is 0 Å². The molecule has 2 heterocycles. The fourth-order valence-corrected chi connectivity index (χ4v) is 1.74. The second-order valence-electron chi connectivity index (χ2n) is 3.98. The minimum absolute atomic E-state index is 0.0991. The van der Waals surface area contributed by atoms with Crippen LogP contribution in [0.15, 0.2) is 30.3 Å². The summed E-state index contributed by atoms with van der Waals surface area (Å²) in [6.07, 6.45) is 0. The van der Waals surface area contributed by atoms with Crippen LogP contribution in [-0.4, -0.2) is 19.9 Å². The first kappa shape index (κ1) is 11.3. The molecule has 0 atom stereocenters. The van der Waals surface area contributed by atoms with Crippen LogP contribution in [0.25, 0.3) is 11.2 Å². The van der Waals surface area contributed by atoms with Crippen molar-refractivity contribution in [1.29, 1.82) is 0 Å². The molecule has 1 aromatic carbocycles. The van der Waals surface area contributed by atoms with Gasteiger partial charge in [-0.3, -0.25) is 0 Å². The zero-order valence-corrected chi connectivity index (χ0v) is 10.00. The van der Waals surface area contributed by atoms with E-state index in [2.05, 4.69) is 19.9 Å². The van der Waals surface area contributed by atoms with Crippen molar-refractivity contribution in [2.45, 2.75) is 6.61 Å². The molecule has 0 aliphatic rings. The Morgan fingerprint density at radius 2 is 1.84 bits per heavy atom. The third-order valence-electron chi connectivity index (χ3n) is 2.57. The van der Waals surface area contributed by atoms with Crippen molar-refractivity contribution in [2.75, 3.05) is 11.5 Å². The number of aromatic nitrogens is 4. The number of rotatable bonds is 3. The first-order chi connectivity index (χ1) is 9.22. The summed E-state index contributed by atoms with van der Waals surface area (Å²) in [6, 6.07) is 9.75. The summed E-state index contributed by atoms with van der Waals surface area (Å²) < 4.78 is 5.64. The highest BCUT2D eigenvalue weighted by molar-refractivity contribution is 5.79. The lowest BCUT2D eigenvalue weighted by Gasteiger charge is -2.06. The lowest BCUT2D eigenvalue weighted by Crippen LogP contribution is -2.02. The van der Waals surface area contributed by atoms with E-state index in [0.29, 0.717) is 23.7 Å². The summed E-state index contributed by atoms with van der Waals surface area (Å²) in [6.45, 7) is 0.380. The van der Waals surface area contributed by atoms with E-state index in [-0.39, 0.29) is 11.9 Å². The minimum Gasteiger partial charge on any atom is -0.471 e. The van der Waals surface area contributed by atoms with Crippen LogP contribution in [0.2, 0.25) is 0 Å². The Balaban J connectivity index is 1.92. The van der Waals surface area contributed by atoms with Crippen molar-refractivity contribution in [1.82, 2.24) is 19.9 Å². The minimum atomic E-state index is 0.0991. The summed E-state index contributed by atoms with van der Waals surface area (Å²) in [5.74, 6) is 0.692. The molecular formula is C12H12N6O. The molecule has 7 heteroatoms. The van der Waals surface area contributed by atoms with Gasteiger partial charge < -0.3 is 21.2 Å². The number of hydrogen-bond donors (Lipinski definition) is 3. The summed E-state index contributed by atoms with van der Waals surface area (Å²) >= 11 is 0. The topological polar surface area (TPSA) is 116 Å². The number of nitrogens with two attached hydrogens (primary N) is 2. The number of imidazole rings is 1. The van der Waals surface area contributed by atoms with Crippen molar-refractivity contribution in [2.24, 2.45) is 0 Å². The Kier molecular flexibility index (Phi) is 2.64. The van der Waals surface area contributed by atoms with Crippen molar-refractivity contribution >= 4 is 23.1 Å². The second-order valence-corrected chi connectivity index (χ2v) is 3.98. The number of H-pyrrole nitrogens is 1. The lowest BCUT2D eigenvalue weighted by atomic mass is 10.2. The Bertz CT molecular complexity index is 709. The number of nitrogen functional groups attached to an aromatic ring is 2. The van der Waals surface area contributed by atoms with Gasteiger partial charge in [0, 0.05) is 0 Å². The quantitative estimate of drug-likeness (QED) is 0.646. The molecule has 3 aromatic rings. The van der Waals surface area contributed by atoms with Crippen LogP contribution in [-0.2, 0) is 6.61 Å². The maximum Gasteiger partial charge on any atom is 0.245 e. The number of hydrogen-bond acceptors (Lipinski definition) is 6. The first-order valence-corrected chi connectivity index (χ1v) is 5.68. The predicted octanol–water partition coefficient (Wildman–Crippen LogP) is 1.10. The molecule has 0 spiro atoms. The number of fused-ring (bicyclic) bond motifs is 1. The fraction of sp³-hybridized carbons (Fsp3) is 0.0833. The smallest absolute Gasteiger partial charge is 0.245 e. The van der Waals surface area contributed by atoms with Crippen molar-refractivity contribution in [3.63, 3.8) is 0 Å². The Morgan fingerprint density at radius 1 is 1.05 bits per heavy atom. The normalized spacial score (nSPS) is 10.7. The van der Waals surface area contributed by atoms with Crippen LogP contribution in [0.5, 0.6) is 5.88 Å². The van der Waals surface area contributed by atoms with Crippen LogP contribution >= 0.6 is 0 Å². The molecule has 19 heavy (non-hydrogen) atoms. The molecule has 0 unspecified atom stereocenters. The summed E-state index contributed by atoms with van der Waals surface area (Å²) in [5, 5.41) is 0. The van der Waals surface area contributed by atoms with E-state index >= 15 is 0 Å². The SMILES string of the molecule is Nc1nc(OCc2ccccc2)c2[nH]c(N)nc2n1. The highest BCUT2D eigenvalue weighted by Gasteiger charge is 2.11. The summed E-state index contributed by atoms with van der Waals surface area (Å²) in [4.78, 5) is 14.9. The van der Waals surface area contributed by atoms with E-state index in [0.717, 1.165) is 5.56 Å². The Hall–Kier alpha value is -2.83. The number of aromatic amines is 1. The zero-order valence-electron chi connectivity index (χ0n) is 10.00. The third kappa shape index (κ3) is 2.25. The molecule has 0 fully saturated rings. The molecule has 0 radical (unpaired) electrons. The van der Waals surface area contributed by atoms with Gasteiger partial charge in [0.25, 0.3) is 0 Å². The first-order valence-electron chi connectivity index (χ1n) is 5.68. The van der Waals surface area contributed by atoms with E-state index < -0.39 is 0 Å². The van der Waals surface area contributed by atoms with Crippen molar-refractivity contribution in [3.05, 3.63) is 35.9 Å². The van der Waals surface area contributed by atoms with Gasteiger partial charge in [0.1, 0.15) is 12.1 Å². The highest BCUT2D eigenvalue weighted by atomic mass is 16.5. The van der Waals surface area contributed by atoms with Gasteiger partial charge in [-0.1, -0.05) is 30.3 Å². The summed E-state index contributed by atoms with van der Waals surface area (Å²) in [5.41, 5.74) is 13.2. The van der Waals surface area contributed by atoms with Gasteiger partial charge in [-0.2, -0.15) is 15.0 Å². The fourth-order valence-electron chi connectivity index (χ4n) is 1.74. The van der Waals surface area contributed by atoms with Gasteiger partial charge >= 0.3 is 0 Å². The van der Waals surface area contributed by atoms with E-state index in [4.69, 9.17) is 16.2 Å². The van der Waals surface area contributed by atoms with Gasteiger partial charge in [-0.05, 0) is 5.56 Å². The van der Waals surface area contributed by atoms with Gasteiger partial charge in [0.2, 0.25) is 11.8 Å². The Labute approximate surface area is 108 Å². The second kappa shape index (κ2) is 4.45. The molecule has 5 N–H and O–H groups in total. The van der Waals surface area contributed by atoms with Gasteiger partial charge in [0.15, 0.2) is 11.6 Å². The average Bonchev–Trinajstić information content (AvgIpc) is 2.77. The van der Waals surface area contributed by atoms with Gasteiger partial charge in [0.05, 0.1) is 0 Å². The lowest BCUT2D eigenvalue weighted by molar-refractivity contribution is 0.297. The van der Waals surface area contributed by atoms with E-state index in [9.17, 15) is 0 Å². The van der Waals surface area contributed by atoms with Gasteiger partial charge in [-0.25, -0.2) is 0 Å². The number of nitrogens with zero attached hydrogens (tertiary/aromatic N) is 3. The Morgan fingerprint density at radius 3 is 2.63 bits per heavy atom. The molecule has 0 aliphatic carbocycles. The van der Waals surface area contributed by atoms with Crippen LogP contribution in [0, 0.1) is 0 Å². The van der Waals surface area contributed by atoms with Crippen LogP contribution in [0.1, 0.15) is 5.56 Å². The molecule has 0 amide bonds. The zero-order chi connectivity index (χ0) is 13.2. The molecule has 96 valence electrons. The monoisotopic (exact) mass is 256 g/mol. The van der Waals surface area contributed by atoms with E-state index in [1.165, 1.54) is 0 Å². The van der Waals surface area contributed by atoms with Crippen LogP contribution < -0.4 is 16.2 Å². The molecule has 0 aliphatic heterocycles. The molecule has 0 saturated carbocycles. The maximum atomic E-state index is 5.64. The van der Waals surface area contributed by atoms with Gasteiger partial charge in [-0.15, -0.1) is 0 Å². The molecule has 0 bridgehead atoms. The molecule has 2 aromatic heterocycles. The summed E-state index contributed by atoms with van der Waals surface area (Å²) in [7, 11) is 0. The largest absolute Gasteiger partial charge is 0.471 e. The maximum absolute atomic E-state index is 5.64. The predicted molar refractivity (Wildman–Crippen MR) is 71.3 cm³/mol. The number of nitrogens with one attached hydrogen (secondary N) is 1. The number of ether oxygens (including phenoxy) is 1. The average molecular weight is 256 g/mol. The van der Waals surface area contributed by atoms with E-state index in [1.807, 2.05) is 30.3 Å². The third-order valence-corrected chi connectivity index (χ3v) is 2.57. The number of anilines is 2. The highest BCUT2D eigenvalue weighted by Crippen LogP contribution is 2.22. The molecule has 3 rings (SSSR count). The molecule has 0 saturated heterocycles. The molecule has 7 nitrogen and oxygen atoms in total.